The number of benzene rings is 1. The second-order valence-corrected chi connectivity index (χ2v) is 4.26. The summed E-state index contributed by atoms with van der Waals surface area (Å²) in [4.78, 5) is 10.7. The minimum absolute atomic E-state index is 0.124. The van der Waals surface area contributed by atoms with E-state index in [1.54, 1.807) is 18.7 Å². The topological polar surface area (TPSA) is 77.2 Å². The van der Waals surface area contributed by atoms with Gasteiger partial charge in [0, 0.05) is 0 Å². The third-order valence-electron chi connectivity index (χ3n) is 2.93. The maximum atomic E-state index is 10.7. The smallest absolute Gasteiger partial charge is 0.309 e. The maximum absolute atomic E-state index is 10.7. The van der Waals surface area contributed by atoms with Gasteiger partial charge in [-0.15, -0.1) is 5.10 Å². The molecule has 0 aliphatic rings. The van der Waals surface area contributed by atoms with Gasteiger partial charge in [-0.05, 0) is 37.6 Å². The molecule has 6 nitrogen and oxygen atoms in total. The van der Waals surface area contributed by atoms with E-state index in [9.17, 15) is 4.79 Å². The lowest BCUT2D eigenvalue weighted by Gasteiger charge is -2.08. The Hall–Kier alpha value is -2.37. The average molecular weight is 261 g/mol. The number of aromatic nitrogens is 3. The van der Waals surface area contributed by atoms with Crippen molar-refractivity contribution in [2.24, 2.45) is 0 Å². The van der Waals surface area contributed by atoms with Crippen LogP contribution in [0.4, 0.5) is 0 Å². The Morgan fingerprint density at radius 2 is 2.16 bits per heavy atom. The molecule has 6 heteroatoms. The number of methoxy groups -OCH3 is 1. The highest BCUT2D eigenvalue weighted by molar-refractivity contribution is 5.69. The van der Waals surface area contributed by atoms with Crippen molar-refractivity contribution in [3.8, 4) is 11.4 Å². The van der Waals surface area contributed by atoms with Gasteiger partial charge >= 0.3 is 5.97 Å². The van der Waals surface area contributed by atoms with E-state index in [1.807, 2.05) is 25.1 Å². The van der Waals surface area contributed by atoms with Crippen LogP contribution in [0, 0.1) is 13.8 Å². The van der Waals surface area contributed by atoms with Crippen LogP contribution >= 0.6 is 0 Å². The van der Waals surface area contributed by atoms with Crippen molar-refractivity contribution in [3.05, 3.63) is 35.2 Å². The highest BCUT2D eigenvalue weighted by Crippen LogP contribution is 2.21. The van der Waals surface area contributed by atoms with Gasteiger partial charge in [0.05, 0.1) is 30.6 Å². The first-order chi connectivity index (χ1) is 9.02. The van der Waals surface area contributed by atoms with Gasteiger partial charge in [-0.25, -0.2) is 4.68 Å². The molecule has 0 saturated carbocycles. The number of rotatable bonds is 4. The van der Waals surface area contributed by atoms with Gasteiger partial charge in [0.25, 0.3) is 0 Å². The van der Waals surface area contributed by atoms with Gasteiger partial charge in [-0.3, -0.25) is 4.79 Å². The minimum Gasteiger partial charge on any atom is -0.496 e. The number of aryl methyl sites for hydroxylation is 1. The highest BCUT2D eigenvalue weighted by atomic mass is 16.5. The molecule has 0 radical (unpaired) electrons. The van der Waals surface area contributed by atoms with Gasteiger partial charge in [0.1, 0.15) is 5.75 Å². The number of hydrogen-bond donors (Lipinski definition) is 1. The molecule has 0 spiro atoms. The molecule has 2 rings (SSSR count). The van der Waals surface area contributed by atoms with Gasteiger partial charge in [0.15, 0.2) is 0 Å². The van der Waals surface area contributed by atoms with Gasteiger partial charge in [-0.1, -0.05) is 5.21 Å². The Kier molecular flexibility index (Phi) is 3.50. The zero-order chi connectivity index (χ0) is 14.0. The molecular weight excluding hydrogens is 246 g/mol. The van der Waals surface area contributed by atoms with E-state index in [4.69, 9.17) is 9.84 Å². The largest absolute Gasteiger partial charge is 0.496 e. The lowest BCUT2D eigenvalue weighted by molar-refractivity contribution is -0.136. The van der Waals surface area contributed by atoms with E-state index < -0.39 is 5.97 Å². The molecule has 0 aliphatic carbocycles. The van der Waals surface area contributed by atoms with Crippen LogP contribution in [0.3, 0.4) is 0 Å². The van der Waals surface area contributed by atoms with E-state index in [0.717, 1.165) is 22.7 Å². The van der Waals surface area contributed by atoms with Crippen molar-refractivity contribution in [3.63, 3.8) is 0 Å². The molecule has 19 heavy (non-hydrogen) atoms. The number of ether oxygens (including phenoxy) is 1. The minimum atomic E-state index is -0.916. The number of nitrogens with zero attached hydrogens (tertiary/aromatic N) is 3. The molecule has 2 aromatic rings. The van der Waals surface area contributed by atoms with Gasteiger partial charge in [-0.2, -0.15) is 0 Å². The van der Waals surface area contributed by atoms with Crippen LogP contribution in [0.2, 0.25) is 0 Å². The molecule has 0 bridgehead atoms. The molecule has 1 aromatic heterocycles. The van der Waals surface area contributed by atoms with Gasteiger partial charge in [0.2, 0.25) is 0 Å². The summed E-state index contributed by atoms with van der Waals surface area (Å²) in [5.41, 5.74) is 3.02. The summed E-state index contributed by atoms with van der Waals surface area (Å²) in [5, 5.41) is 16.7. The van der Waals surface area contributed by atoms with E-state index >= 15 is 0 Å². The molecule has 1 aromatic carbocycles. The molecular formula is C13H15N3O3. The summed E-state index contributed by atoms with van der Waals surface area (Å²) in [6, 6.07) is 5.63. The van der Waals surface area contributed by atoms with Crippen LogP contribution < -0.4 is 4.74 Å². The Bertz CT molecular complexity index is 620. The first kappa shape index (κ1) is 13.1. The lowest BCUT2D eigenvalue weighted by Crippen LogP contribution is -2.04. The molecule has 0 saturated heterocycles. The third-order valence-corrected chi connectivity index (χ3v) is 2.93. The normalized spacial score (nSPS) is 10.5. The fourth-order valence-corrected chi connectivity index (χ4v) is 1.91. The number of hydrogen-bond acceptors (Lipinski definition) is 4. The molecule has 0 amide bonds. The summed E-state index contributed by atoms with van der Waals surface area (Å²) >= 11 is 0. The number of carboxylic acid groups (broad SMARTS) is 1. The van der Waals surface area contributed by atoms with Gasteiger partial charge < -0.3 is 9.84 Å². The average Bonchev–Trinajstić information content (AvgIpc) is 2.70. The first-order valence-corrected chi connectivity index (χ1v) is 5.81. The summed E-state index contributed by atoms with van der Waals surface area (Å²) in [6.07, 6.45) is -0.124. The molecule has 0 unspecified atom stereocenters. The van der Waals surface area contributed by atoms with Crippen molar-refractivity contribution < 1.29 is 14.6 Å². The van der Waals surface area contributed by atoms with Crippen LogP contribution in [0.15, 0.2) is 18.2 Å². The van der Waals surface area contributed by atoms with Crippen molar-refractivity contribution >= 4 is 5.97 Å². The fraction of sp³-hybridized carbons (Fsp3) is 0.308. The van der Waals surface area contributed by atoms with Crippen LogP contribution in [-0.4, -0.2) is 33.2 Å². The summed E-state index contributed by atoms with van der Waals surface area (Å²) in [6.45, 7) is 3.74. The van der Waals surface area contributed by atoms with Crippen molar-refractivity contribution in [1.29, 1.82) is 0 Å². The van der Waals surface area contributed by atoms with Crippen LogP contribution in [0.5, 0.6) is 5.75 Å². The Balaban J connectivity index is 2.39. The van der Waals surface area contributed by atoms with E-state index in [-0.39, 0.29) is 6.42 Å². The van der Waals surface area contributed by atoms with Crippen LogP contribution in [-0.2, 0) is 11.2 Å². The van der Waals surface area contributed by atoms with Crippen molar-refractivity contribution in [2.75, 3.05) is 7.11 Å². The Morgan fingerprint density at radius 3 is 2.74 bits per heavy atom. The Morgan fingerprint density at radius 1 is 1.42 bits per heavy atom. The zero-order valence-corrected chi connectivity index (χ0v) is 11.0. The maximum Gasteiger partial charge on any atom is 0.309 e. The fourth-order valence-electron chi connectivity index (χ4n) is 1.91. The zero-order valence-electron chi connectivity index (χ0n) is 11.0. The number of carbonyl (C=O) groups is 1. The molecule has 0 fully saturated rings. The van der Waals surface area contributed by atoms with Crippen LogP contribution in [0.1, 0.15) is 17.0 Å². The monoisotopic (exact) mass is 261 g/mol. The van der Waals surface area contributed by atoms with Crippen molar-refractivity contribution in [2.45, 2.75) is 20.3 Å². The number of carboxylic acids is 1. The molecule has 1 heterocycles. The SMILES string of the molecule is COc1ccc(-n2nnc(CC(=O)O)c2C)cc1C. The van der Waals surface area contributed by atoms with E-state index in [2.05, 4.69) is 10.3 Å². The van der Waals surface area contributed by atoms with E-state index in [1.165, 1.54) is 0 Å². The van der Waals surface area contributed by atoms with Crippen LogP contribution in [0.25, 0.3) is 5.69 Å². The molecule has 100 valence electrons. The molecule has 0 atom stereocenters. The Labute approximate surface area is 110 Å². The lowest BCUT2D eigenvalue weighted by atomic mass is 10.2. The highest BCUT2D eigenvalue weighted by Gasteiger charge is 2.13. The second kappa shape index (κ2) is 5.09. The predicted octanol–water partition coefficient (Wildman–Crippen LogP) is 1.52. The second-order valence-electron chi connectivity index (χ2n) is 4.26. The van der Waals surface area contributed by atoms with Crippen molar-refractivity contribution in [1.82, 2.24) is 15.0 Å². The van der Waals surface area contributed by atoms with E-state index in [0.29, 0.717) is 5.69 Å². The third kappa shape index (κ3) is 2.57. The number of aliphatic carboxylic acids is 1. The quantitative estimate of drug-likeness (QED) is 0.902. The molecule has 0 aliphatic heterocycles. The summed E-state index contributed by atoms with van der Waals surface area (Å²) in [5.74, 6) is -0.117. The summed E-state index contributed by atoms with van der Waals surface area (Å²) in [7, 11) is 1.62. The first-order valence-electron chi connectivity index (χ1n) is 5.81. The predicted molar refractivity (Wildman–Crippen MR) is 68.7 cm³/mol. The summed E-state index contributed by atoms with van der Waals surface area (Å²) < 4.78 is 6.83. The molecule has 1 N–H and O–H groups in total. The standard InChI is InChI=1S/C13H15N3O3/c1-8-6-10(4-5-12(8)19-3)16-9(2)11(14-15-16)7-13(17)18/h4-6H,7H2,1-3H3,(H,17,18).